The minimum absolute atomic E-state index is 0.0511. The Morgan fingerprint density at radius 3 is 2.39 bits per heavy atom. The Labute approximate surface area is 108 Å². The molecule has 0 radical (unpaired) electrons. The third-order valence-corrected chi connectivity index (χ3v) is 5.45. The average molecular weight is 250 g/mol. The van der Waals surface area contributed by atoms with E-state index in [4.69, 9.17) is 0 Å². The highest BCUT2D eigenvalue weighted by molar-refractivity contribution is 5.89. The summed E-state index contributed by atoms with van der Waals surface area (Å²) >= 11 is 0. The van der Waals surface area contributed by atoms with E-state index in [1.165, 1.54) is 0 Å². The maximum atomic E-state index is 12.1. The predicted octanol–water partition coefficient (Wildman–Crippen LogP) is 2.42. The molecule has 1 saturated carbocycles. The minimum Gasteiger partial charge on any atom is -0.382 e. The van der Waals surface area contributed by atoms with Crippen LogP contribution in [0.3, 0.4) is 0 Å². The standard InChI is InChI=1S/C15H22O3/c1-13(2)7-6-12(17)14(3,18)15(13)8-4-11(10-16)5-9-15/h4,10,18H,5-9H2,1-3H3/t14-,15+/m0/s1. The van der Waals surface area contributed by atoms with Gasteiger partial charge in [-0.15, -0.1) is 0 Å². The number of hydrogen-bond donors (Lipinski definition) is 1. The van der Waals surface area contributed by atoms with E-state index in [-0.39, 0.29) is 11.2 Å². The molecule has 0 aliphatic heterocycles. The van der Waals surface area contributed by atoms with Crippen LogP contribution in [0.15, 0.2) is 11.6 Å². The maximum Gasteiger partial charge on any atom is 0.164 e. The molecule has 1 N–H and O–H groups in total. The summed E-state index contributed by atoms with van der Waals surface area (Å²) in [6, 6.07) is 0. The summed E-state index contributed by atoms with van der Waals surface area (Å²) in [5, 5.41) is 10.7. The van der Waals surface area contributed by atoms with Gasteiger partial charge in [-0.25, -0.2) is 0 Å². The first-order chi connectivity index (χ1) is 8.27. The number of ketones is 1. The zero-order valence-corrected chi connectivity index (χ0v) is 11.5. The molecule has 2 aliphatic rings. The second kappa shape index (κ2) is 4.02. The van der Waals surface area contributed by atoms with Crippen LogP contribution in [0.2, 0.25) is 0 Å². The molecule has 0 saturated heterocycles. The van der Waals surface area contributed by atoms with Crippen LogP contribution < -0.4 is 0 Å². The summed E-state index contributed by atoms with van der Waals surface area (Å²) in [4.78, 5) is 22.9. The van der Waals surface area contributed by atoms with Gasteiger partial charge in [0.2, 0.25) is 0 Å². The van der Waals surface area contributed by atoms with Crippen molar-refractivity contribution < 1.29 is 14.7 Å². The van der Waals surface area contributed by atoms with Gasteiger partial charge in [0.15, 0.2) is 5.78 Å². The molecule has 3 heteroatoms. The Balaban J connectivity index is 2.46. The summed E-state index contributed by atoms with van der Waals surface area (Å²) < 4.78 is 0. The quantitative estimate of drug-likeness (QED) is 0.727. The Kier molecular flexibility index (Phi) is 3.01. The lowest BCUT2D eigenvalue weighted by molar-refractivity contribution is -0.184. The van der Waals surface area contributed by atoms with Gasteiger partial charge < -0.3 is 5.11 Å². The Morgan fingerprint density at radius 1 is 1.22 bits per heavy atom. The van der Waals surface area contributed by atoms with E-state index in [2.05, 4.69) is 13.8 Å². The first-order valence-corrected chi connectivity index (χ1v) is 6.67. The highest BCUT2D eigenvalue weighted by Crippen LogP contribution is 2.60. The Bertz CT molecular complexity index is 417. The van der Waals surface area contributed by atoms with Crippen LogP contribution in [-0.4, -0.2) is 22.8 Å². The van der Waals surface area contributed by atoms with Crippen LogP contribution in [0, 0.1) is 10.8 Å². The molecule has 2 rings (SSSR count). The smallest absolute Gasteiger partial charge is 0.164 e. The Hall–Kier alpha value is -0.960. The van der Waals surface area contributed by atoms with Gasteiger partial charge in [-0.3, -0.25) is 9.59 Å². The van der Waals surface area contributed by atoms with Crippen molar-refractivity contribution in [1.29, 1.82) is 0 Å². The first-order valence-electron chi connectivity index (χ1n) is 6.67. The normalized spacial score (nSPS) is 39.6. The summed E-state index contributed by atoms with van der Waals surface area (Å²) in [6.07, 6.45) is 6.05. The van der Waals surface area contributed by atoms with Gasteiger partial charge in [0.25, 0.3) is 0 Å². The van der Waals surface area contributed by atoms with E-state index < -0.39 is 11.0 Å². The van der Waals surface area contributed by atoms with Gasteiger partial charge in [0.1, 0.15) is 11.9 Å². The van der Waals surface area contributed by atoms with Crippen LogP contribution in [0.25, 0.3) is 0 Å². The van der Waals surface area contributed by atoms with Crippen LogP contribution in [0.1, 0.15) is 52.9 Å². The lowest BCUT2D eigenvalue weighted by Crippen LogP contribution is -2.62. The lowest BCUT2D eigenvalue weighted by Gasteiger charge is -2.58. The van der Waals surface area contributed by atoms with Crippen molar-refractivity contribution in [2.45, 2.75) is 58.5 Å². The van der Waals surface area contributed by atoms with Crippen LogP contribution in [0.5, 0.6) is 0 Å². The van der Waals surface area contributed by atoms with Gasteiger partial charge in [0.05, 0.1) is 0 Å². The zero-order valence-electron chi connectivity index (χ0n) is 11.5. The highest BCUT2D eigenvalue weighted by atomic mass is 16.3. The van der Waals surface area contributed by atoms with Gasteiger partial charge in [-0.05, 0) is 43.6 Å². The number of carbonyl (C=O) groups excluding carboxylic acids is 2. The van der Waals surface area contributed by atoms with Crippen molar-refractivity contribution in [3.8, 4) is 0 Å². The third kappa shape index (κ3) is 1.60. The van der Waals surface area contributed by atoms with Crippen molar-refractivity contribution >= 4 is 12.1 Å². The summed E-state index contributed by atoms with van der Waals surface area (Å²) in [5.41, 5.74) is -0.998. The van der Waals surface area contributed by atoms with Crippen LogP contribution in [0.4, 0.5) is 0 Å². The average Bonchev–Trinajstić information content (AvgIpc) is 2.34. The number of carbonyl (C=O) groups is 2. The zero-order chi connectivity index (χ0) is 13.6. The summed E-state index contributed by atoms with van der Waals surface area (Å²) in [7, 11) is 0. The van der Waals surface area contributed by atoms with E-state index in [1.807, 2.05) is 6.08 Å². The maximum absolute atomic E-state index is 12.1. The number of Topliss-reactive ketones (excluding diaryl/α,β-unsaturated/α-hetero) is 1. The molecule has 0 unspecified atom stereocenters. The van der Waals surface area contributed by atoms with Crippen molar-refractivity contribution in [3.05, 3.63) is 11.6 Å². The summed E-state index contributed by atoms with van der Waals surface area (Å²) in [6.45, 7) is 5.93. The molecule has 2 aliphatic carbocycles. The molecule has 1 fully saturated rings. The van der Waals surface area contributed by atoms with Crippen LogP contribution >= 0.6 is 0 Å². The molecule has 0 bridgehead atoms. The number of aldehydes is 1. The van der Waals surface area contributed by atoms with Gasteiger partial charge in [-0.1, -0.05) is 19.9 Å². The second-order valence-electron chi connectivity index (χ2n) is 6.56. The highest BCUT2D eigenvalue weighted by Gasteiger charge is 2.61. The molecule has 3 nitrogen and oxygen atoms in total. The SMILES string of the molecule is CC1(C)CCC(=O)[C@](C)(O)[C@@]12CC=C(C=O)CC2. The number of hydrogen-bond acceptors (Lipinski definition) is 3. The number of rotatable bonds is 1. The topological polar surface area (TPSA) is 54.4 Å². The minimum atomic E-state index is -1.28. The lowest BCUT2D eigenvalue weighted by atomic mass is 9.47. The van der Waals surface area contributed by atoms with Crippen molar-refractivity contribution in [3.63, 3.8) is 0 Å². The second-order valence-corrected chi connectivity index (χ2v) is 6.56. The molecule has 0 amide bonds. The monoisotopic (exact) mass is 250 g/mol. The molecule has 2 atom stereocenters. The fourth-order valence-corrected chi connectivity index (χ4v) is 3.87. The summed E-state index contributed by atoms with van der Waals surface area (Å²) in [5.74, 6) is -0.0511. The van der Waals surface area contributed by atoms with E-state index in [0.29, 0.717) is 25.7 Å². The van der Waals surface area contributed by atoms with E-state index >= 15 is 0 Å². The molecule has 0 aromatic heterocycles. The predicted molar refractivity (Wildman–Crippen MR) is 69.1 cm³/mol. The van der Waals surface area contributed by atoms with Gasteiger partial charge in [-0.2, -0.15) is 0 Å². The fourth-order valence-electron chi connectivity index (χ4n) is 3.87. The van der Waals surface area contributed by atoms with Gasteiger partial charge >= 0.3 is 0 Å². The van der Waals surface area contributed by atoms with Crippen LogP contribution in [-0.2, 0) is 9.59 Å². The molecule has 18 heavy (non-hydrogen) atoms. The van der Waals surface area contributed by atoms with Gasteiger partial charge in [0, 0.05) is 11.8 Å². The molecule has 0 aromatic rings. The molecule has 100 valence electrons. The first kappa shape index (κ1) is 13.5. The van der Waals surface area contributed by atoms with E-state index in [1.54, 1.807) is 6.92 Å². The van der Waals surface area contributed by atoms with Crippen molar-refractivity contribution in [2.75, 3.05) is 0 Å². The van der Waals surface area contributed by atoms with E-state index in [0.717, 1.165) is 18.3 Å². The largest absolute Gasteiger partial charge is 0.382 e. The Morgan fingerprint density at radius 2 is 1.89 bits per heavy atom. The van der Waals surface area contributed by atoms with E-state index in [9.17, 15) is 14.7 Å². The molecular weight excluding hydrogens is 228 g/mol. The number of aliphatic hydroxyl groups is 1. The van der Waals surface area contributed by atoms with Crippen molar-refractivity contribution in [2.24, 2.45) is 10.8 Å². The molecule has 0 heterocycles. The molecule has 0 aromatic carbocycles. The van der Waals surface area contributed by atoms with Crippen molar-refractivity contribution in [1.82, 2.24) is 0 Å². The number of allylic oxidation sites excluding steroid dienone is 2. The molecular formula is C15H22O3. The molecule has 1 spiro atoms. The third-order valence-electron chi connectivity index (χ3n) is 5.45. The fraction of sp³-hybridized carbons (Fsp3) is 0.733.